The molecule has 0 aliphatic carbocycles. The predicted molar refractivity (Wildman–Crippen MR) is 77.3 cm³/mol. The molecular formula is C15H22O3S. The Morgan fingerprint density at radius 3 is 2.47 bits per heavy atom. The molecule has 1 aliphatic heterocycles. The van der Waals surface area contributed by atoms with Crippen LogP contribution in [-0.2, 0) is 4.74 Å². The highest BCUT2D eigenvalue weighted by Crippen LogP contribution is 2.44. The fourth-order valence-corrected chi connectivity index (χ4v) is 4.00. The lowest BCUT2D eigenvalue weighted by atomic mass is 9.86. The molecule has 0 amide bonds. The van der Waals surface area contributed by atoms with Gasteiger partial charge in [0.25, 0.3) is 0 Å². The molecule has 0 aromatic heterocycles. The van der Waals surface area contributed by atoms with Crippen molar-refractivity contribution in [3.8, 4) is 0 Å². The number of thioether (sulfide) groups is 1. The van der Waals surface area contributed by atoms with Crippen molar-refractivity contribution < 1.29 is 14.9 Å². The molecular weight excluding hydrogens is 260 g/mol. The van der Waals surface area contributed by atoms with Crippen LogP contribution in [0.1, 0.15) is 19.8 Å². The van der Waals surface area contributed by atoms with E-state index in [1.165, 1.54) is 0 Å². The largest absolute Gasteiger partial charge is 0.396 e. The first-order valence-corrected chi connectivity index (χ1v) is 7.60. The van der Waals surface area contributed by atoms with E-state index in [0.717, 1.165) is 17.7 Å². The molecule has 2 rings (SSSR count). The van der Waals surface area contributed by atoms with Crippen LogP contribution in [0.5, 0.6) is 0 Å². The number of rotatable bonds is 5. The SMILES string of the molecule is C[C@@H](CO)[C@H](O)C1(Sc2ccccc2)CCOCC1. The normalized spacial score (nSPS) is 21.8. The highest BCUT2D eigenvalue weighted by molar-refractivity contribution is 8.00. The number of hydrogen-bond donors (Lipinski definition) is 2. The van der Waals surface area contributed by atoms with E-state index in [-0.39, 0.29) is 17.3 Å². The number of benzene rings is 1. The van der Waals surface area contributed by atoms with Gasteiger partial charge >= 0.3 is 0 Å². The van der Waals surface area contributed by atoms with Crippen LogP contribution >= 0.6 is 11.8 Å². The Kier molecular flexibility index (Phi) is 5.28. The molecule has 1 heterocycles. The summed E-state index contributed by atoms with van der Waals surface area (Å²) >= 11 is 1.72. The van der Waals surface area contributed by atoms with Gasteiger partial charge in [0.1, 0.15) is 0 Å². The first-order valence-electron chi connectivity index (χ1n) is 6.79. The first-order chi connectivity index (χ1) is 9.18. The van der Waals surface area contributed by atoms with Crippen LogP contribution in [-0.4, -0.2) is 40.9 Å². The molecule has 2 atom stereocenters. The topological polar surface area (TPSA) is 49.7 Å². The third-order valence-corrected chi connectivity index (χ3v) is 5.33. The summed E-state index contributed by atoms with van der Waals surface area (Å²) in [6.45, 7) is 3.26. The second-order valence-corrected chi connectivity index (χ2v) is 6.69. The maximum Gasteiger partial charge on any atom is 0.0739 e. The number of aliphatic hydroxyl groups excluding tert-OH is 2. The summed E-state index contributed by atoms with van der Waals surface area (Å²) in [5.74, 6) is -0.116. The Balaban J connectivity index is 2.19. The minimum Gasteiger partial charge on any atom is -0.396 e. The minimum absolute atomic E-state index is 0.0130. The maximum atomic E-state index is 10.6. The van der Waals surface area contributed by atoms with Crippen LogP contribution in [0.25, 0.3) is 0 Å². The summed E-state index contributed by atoms with van der Waals surface area (Å²) in [4.78, 5) is 1.16. The Hall–Kier alpha value is -0.550. The van der Waals surface area contributed by atoms with E-state index in [1.54, 1.807) is 11.8 Å². The second kappa shape index (κ2) is 6.75. The van der Waals surface area contributed by atoms with Gasteiger partial charge in [0.15, 0.2) is 0 Å². The zero-order valence-corrected chi connectivity index (χ0v) is 12.1. The van der Waals surface area contributed by atoms with Crippen molar-refractivity contribution in [2.75, 3.05) is 19.8 Å². The molecule has 19 heavy (non-hydrogen) atoms. The van der Waals surface area contributed by atoms with Crippen molar-refractivity contribution in [1.29, 1.82) is 0 Å². The van der Waals surface area contributed by atoms with Gasteiger partial charge in [-0.05, 0) is 25.0 Å². The third-order valence-electron chi connectivity index (χ3n) is 3.77. The van der Waals surface area contributed by atoms with Crippen molar-refractivity contribution in [3.05, 3.63) is 30.3 Å². The number of aliphatic hydroxyl groups is 2. The van der Waals surface area contributed by atoms with Crippen LogP contribution < -0.4 is 0 Å². The molecule has 3 nitrogen and oxygen atoms in total. The maximum absolute atomic E-state index is 10.6. The molecule has 1 fully saturated rings. The van der Waals surface area contributed by atoms with Crippen LogP contribution in [0.3, 0.4) is 0 Å². The Morgan fingerprint density at radius 2 is 1.89 bits per heavy atom. The van der Waals surface area contributed by atoms with Gasteiger partial charge < -0.3 is 14.9 Å². The Morgan fingerprint density at radius 1 is 1.26 bits per heavy atom. The minimum atomic E-state index is -0.522. The molecule has 0 spiro atoms. The summed E-state index contributed by atoms with van der Waals surface area (Å²) in [7, 11) is 0. The van der Waals surface area contributed by atoms with E-state index < -0.39 is 6.10 Å². The van der Waals surface area contributed by atoms with E-state index in [4.69, 9.17) is 4.74 Å². The molecule has 106 valence electrons. The van der Waals surface area contributed by atoms with Gasteiger partial charge in [-0.25, -0.2) is 0 Å². The van der Waals surface area contributed by atoms with Gasteiger partial charge in [-0.15, -0.1) is 11.8 Å². The lowest BCUT2D eigenvalue weighted by Gasteiger charge is -2.42. The summed E-state index contributed by atoms with van der Waals surface area (Å²) in [6.07, 6.45) is 1.11. The quantitative estimate of drug-likeness (QED) is 0.870. The lowest BCUT2D eigenvalue weighted by Crippen LogP contribution is -2.48. The molecule has 1 aromatic rings. The average molecular weight is 282 g/mol. The molecule has 2 N–H and O–H groups in total. The van der Waals surface area contributed by atoms with Gasteiger partial charge in [0, 0.05) is 30.6 Å². The molecule has 1 aliphatic rings. The van der Waals surface area contributed by atoms with E-state index in [0.29, 0.717) is 13.2 Å². The van der Waals surface area contributed by atoms with E-state index in [1.807, 2.05) is 25.1 Å². The summed E-state index contributed by atoms with van der Waals surface area (Å²) < 4.78 is 5.19. The van der Waals surface area contributed by atoms with E-state index in [9.17, 15) is 10.2 Å². The zero-order chi connectivity index (χ0) is 13.7. The molecule has 0 saturated carbocycles. The van der Waals surface area contributed by atoms with Gasteiger partial charge in [0.05, 0.1) is 10.9 Å². The number of ether oxygens (including phenoxy) is 1. The van der Waals surface area contributed by atoms with Crippen LogP contribution in [0.4, 0.5) is 0 Å². The van der Waals surface area contributed by atoms with Crippen molar-refractivity contribution in [2.24, 2.45) is 5.92 Å². The van der Waals surface area contributed by atoms with Gasteiger partial charge in [-0.3, -0.25) is 0 Å². The van der Waals surface area contributed by atoms with Gasteiger partial charge in [-0.1, -0.05) is 25.1 Å². The highest BCUT2D eigenvalue weighted by atomic mass is 32.2. The summed E-state index contributed by atoms with van der Waals surface area (Å²) in [6, 6.07) is 10.2. The first kappa shape index (κ1) is 14.9. The smallest absolute Gasteiger partial charge is 0.0739 e. The van der Waals surface area contributed by atoms with Gasteiger partial charge in [-0.2, -0.15) is 0 Å². The molecule has 0 bridgehead atoms. The fraction of sp³-hybridized carbons (Fsp3) is 0.600. The molecule has 1 aromatic carbocycles. The third kappa shape index (κ3) is 3.51. The Labute approximate surface area is 119 Å². The molecule has 1 saturated heterocycles. The van der Waals surface area contributed by atoms with E-state index in [2.05, 4.69) is 12.1 Å². The van der Waals surface area contributed by atoms with E-state index >= 15 is 0 Å². The number of hydrogen-bond acceptors (Lipinski definition) is 4. The summed E-state index contributed by atoms with van der Waals surface area (Å²) in [5, 5.41) is 19.9. The zero-order valence-electron chi connectivity index (χ0n) is 11.3. The van der Waals surface area contributed by atoms with Gasteiger partial charge in [0.2, 0.25) is 0 Å². The van der Waals surface area contributed by atoms with Crippen molar-refractivity contribution >= 4 is 11.8 Å². The van der Waals surface area contributed by atoms with Crippen molar-refractivity contribution in [3.63, 3.8) is 0 Å². The second-order valence-electron chi connectivity index (χ2n) is 5.20. The monoisotopic (exact) mass is 282 g/mol. The van der Waals surface area contributed by atoms with Crippen LogP contribution in [0, 0.1) is 5.92 Å². The fourth-order valence-electron chi connectivity index (χ4n) is 2.52. The molecule has 4 heteroatoms. The average Bonchev–Trinajstić information content (AvgIpc) is 2.47. The summed E-state index contributed by atoms with van der Waals surface area (Å²) in [5.41, 5.74) is 0. The molecule has 0 unspecified atom stereocenters. The standard InChI is InChI=1S/C15H22O3S/c1-12(11-16)14(17)15(7-9-18-10-8-15)19-13-5-3-2-4-6-13/h2-6,12,14,16-17H,7-11H2,1H3/t12-,14-/m0/s1. The highest BCUT2D eigenvalue weighted by Gasteiger charge is 2.42. The lowest BCUT2D eigenvalue weighted by molar-refractivity contribution is -0.00777. The van der Waals surface area contributed by atoms with Crippen molar-refractivity contribution in [2.45, 2.75) is 35.5 Å². The predicted octanol–water partition coefficient (Wildman–Crippen LogP) is 2.32. The molecule has 0 radical (unpaired) electrons. The van der Waals surface area contributed by atoms with Crippen LogP contribution in [0.15, 0.2) is 35.2 Å². The van der Waals surface area contributed by atoms with Crippen LogP contribution in [0.2, 0.25) is 0 Å². The van der Waals surface area contributed by atoms with Crippen molar-refractivity contribution in [1.82, 2.24) is 0 Å². The Bertz CT molecular complexity index is 376.